The Bertz CT molecular complexity index is 1480. The number of alkyl halides is 1. The number of halogens is 4. The summed E-state index contributed by atoms with van der Waals surface area (Å²) in [6.07, 6.45) is 2.55. The van der Waals surface area contributed by atoms with Crippen LogP contribution in [0.3, 0.4) is 0 Å². The van der Waals surface area contributed by atoms with Crippen LogP contribution in [0, 0.1) is 34.7 Å². The molecule has 0 radical (unpaired) electrons. The fourth-order valence-electron chi connectivity index (χ4n) is 6.00. The fourth-order valence-corrected chi connectivity index (χ4v) is 6.00. The second-order valence-electron chi connectivity index (χ2n) is 11.5. The Balaban J connectivity index is 1.26. The number of benzene rings is 2. The molecule has 230 valence electrons. The van der Waals surface area contributed by atoms with E-state index in [0.717, 1.165) is 30.1 Å². The van der Waals surface area contributed by atoms with Gasteiger partial charge in [0.15, 0.2) is 11.6 Å². The van der Waals surface area contributed by atoms with Gasteiger partial charge in [-0.05, 0) is 74.0 Å². The quantitative estimate of drug-likeness (QED) is 0.202. The van der Waals surface area contributed by atoms with Crippen molar-refractivity contribution >= 4 is 10.9 Å². The molecule has 2 aliphatic heterocycles. The fraction of sp³-hybridized carbons (Fsp3) is 0.485. The van der Waals surface area contributed by atoms with E-state index >= 15 is 4.39 Å². The molecule has 3 heterocycles. The average molecular weight is 600 g/mol. The smallest absolute Gasteiger partial charge is 0.174 e. The zero-order valence-electron chi connectivity index (χ0n) is 24.4. The third-order valence-electron chi connectivity index (χ3n) is 8.71. The van der Waals surface area contributed by atoms with Crippen molar-refractivity contribution < 1.29 is 32.1 Å². The highest BCUT2D eigenvalue weighted by molar-refractivity contribution is 5.85. The molecule has 0 unspecified atom stereocenters. The largest absolute Gasteiger partial charge is 0.497 e. The van der Waals surface area contributed by atoms with Crippen molar-refractivity contribution in [2.24, 2.45) is 5.41 Å². The number of morpholine rings is 1. The van der Waals surface area contributed by atoms with Crippen LogP contribution in [0.4, 0.5) is 17.6 Å². The number of nitrogens with zero attached hydrogens (tertiary/aromatic N) is 3. The van der Waals surface area contributed by atoms with Crippen molar-refractivity contribution in [3.05, 3.63) is 70.7 Å². The predicted molar refractivity (Wildman–Crippen MR) is 156 cm³/mol. The molecular weight excluding hydrogens is 562 g/mol. The summed E-state index contributed by atoms with van der Waals surface area (Å²) in [7, 11) is 1.58. The average Bonchev–Trinajstić information content (AvgIpc) is 3.03. The van der Waals surface area contributed by atoms with Crippen LogP contribution in [0.2, 0.25) is 0 Å². The molecule has 5 rings (SSSR count). The Morgan fingerprint density at radius 1 is 1.07 bits per heavy atom. The highest BCUT2D eigenvalue weighted by atomic mass is 19.2. The van der Waals surface area contributed by atoms with Crippen LogP contribution in [0.1, 0.15) is 48.5 Å². The lowest BCUT2D eigenvalue weighted by atomic mass is 9.74. The van der Waals surface area contributed by atoms with Crippen LogP contribution in [-0.2, 0) is 11.3 Å². The van der Waals surface area contributed by atoms with E-state index in [2.05, 4.69) is 21.7 Å². The van der Waals surface area contributed by atoms with Crippen molar-refractivity contribution in [1.29, 1.82) is 0 Å². The van der Waals surface area contributed by atoms with Crippen LogP contribution >= 0.6 is 0 Å². The number of hydrogen-bond acceptors (Lipinski definition) is 6. The summed E-state index contributed by atoms with van der Waals surface area (Å²) in [5.74, 6) is 2.64. The normalized spacial score (nSPS) is 18.3. The van der Waals surface area contributed by atoms with Gasteiger partial charge in [0.1, 0.15) is 17.7 Å². The molecule has 0 saturated carbocycles. The van der Waals surface area contributed by atoms with Crippen molar-refractivity contribution in [3.8, 4) is 17.6 Å². The summed E-state index contributed by atoms with van der Waals surface area (Å²) in [6, 6.07) is 6.87. The summed E-state index contributed by atoms with van der Waals surface area (Å²) < 4.78 is 68.1. The molecule has 2 aromatic carbocycles. The molecule has 6 nitrogen and oxygen atoms in total. The second kappa shape index (κ2) is 14.0. The lowest BCUT2D eigenvalue weighted by Gasteiger charge is -2.40. The minimum atomic E-state index is -1.27. The second-order valence-corrected chi connectivity index (χ2v) is 11.5. The number of pyridine rings is 1. The molecule has 1 aromatic heterocycles. The highest BCUT2D eigenvalue weighted by Gasteiger charge is 2.35. The minimum Gasteiger partial charge on any atom is -0.497 e. The minimum absolute atomic E-state index is 0.0570. The molecule has 1 N–H and O–H groups in total. The maximum Gasteiger partial charge on any atom is 0.174 e. The van der Waals surface area contributed by atoms with Crippen molar-refractivity contribution in [1.82, 2.24) is 14.8 Å². The summed E-state index contributed by atoms with van der Waals surface area (Å²) in [6.45, 7) is 4.87. The Hall–Kier alpha value is -3.23. The lowest BCUT2D eigenvalue weighted by molar-refractivity contribution is 0.0323. The van der Waals surface area contributed by atoms with Crippen LogP contribution in [-0.4, -0.2) is 79.5 Å². The molecule has 10 heteroatoms. The molecule has 3 aromatic rings. The van der Waals surface area contributed by atoms with E-state index in [1.807, 2.05) is 23.1 Å². The topological polar surface area (TPSA) is 58.1 Å². The van der Waals surface area contributed by atoms with E-state index in [1.165, 1.54) is 0 Å². The standard InChI is InChI=1S/C33H37F4N3O3/c1-42-26-4-5-30-27(19-26)31(24(20-38-30)21-40-13-15-43-16-14-40)28(35)6-7-33(22-41)8-11-39(12-9-33)10-2-3-23-17-25(34)18-29(36)32(23)37/h4-5,17-20,28,41H,6-16,21-22H2,1H3/t28-/m1/s1. The molecule has 1 atom stereocenters. The predicted octanol–water partition coefficient (Wildman–Crippen LogP) is 5.41. The van der Waals surface area contributed by atoms with Crippen molar-refractivity contribution in [2.75, 3.05) is 59.7 Å². The van der Waals surface area contributed by atoms with E-state index in [9.17, 15) is 18.3 Å². The Morgan fingerprint density at radius 3 is 2.56 bits per heavy atom. The molecular formula is C33H37F4N3O3. The number of aliphatic hydroxyl groups is 1. The van der Waals surface area contributed by atoms with Gasteiger partial charge in [0.2, 0.25) is 0 Å². The van der Waals surface area contributed by atoms with Gasteiger partial charge in [0.25, 0.3) is 0 Å². The van der Waals surface area contributed by atoms with Gasteiger partial charge < -0.3 is 14.6 Å². The summed E-state index contributed by atoms with van der Waals surface area (Å²) in [4.78, 5) is 8.91. The zero-order chi connectivity index (χ0) is 30.4. The van der Waals surface area contributed by atoms with Crippen LogP contribution in [0.5, 0.6) is 5.75 Å². The van der Waals surface area contributed by atoms with Gasteiger partial charge >= 0.3 is 0 Å². The maximum atomic E-state index is 16.4. The van der Waals surface area contributed by atoms with Crippen LogP contribution < -0.4 is 4.74 Å². The van der Waals surface area contributed by atoms with E-state index in [0.29, 0.717) is 81.6 Å². The third-order valence-corrected chi connectivity index (χ3v) is 8.71. The van der Waals surface area contributed by atoms with Gasteiger partial charge in [-0.1, -0.05) is 11.8 Å². The van der Waals surface area contributed by atoms with E-state index in [1.54, 1.807) is 13.3 Å². The molecule has 43 heavy (non-hydrogen) atoms. The van der Waals surface area contributed by atoms with E-state index < -0.39 is 29.0 Å². The molecule has 0 spiro atoms. The number of hydrogen-bond donors (Lipinski definition) is 1. The Kier molecular flexibility index (Phi) is 10.2. The lowest BCUT2D eigenvalue weighted by Crippen LogP contribution is -2.42. The zero-order valence-corrected chi connectivity index (χ0v) is 24.4. The Labute approximate surface area is 249 Å². The van der Waals surface area contributed by atoms with Gasteiger partial charge in [-0.15, -0.1) is 0 Å². The van der Waals surface area contributed by atoms with Crippen LogP contribution in [0.15, 0.2) is 36.5 Å². The van der Waals surface area contributed by atoms with Gasteiger partial charge in [0.05, 0.1) is 37.9 Å². The maximum absolute atomic E-state index is 16.4. The first-order chi connectivity index (χ1) is 20.8. The monoisotopic (exact) mass is 599 g/mol. The molecule has 2 aliphatic rings. The van der Waals surface area contributed by atoms with Gasteiger partial charge in [-0.25, -0.2) is 17.6 Å². The highest BCUT2D eigenvalue weighted by Crippen LogP contribution is 2.41. The summed E-state index contributed by atoms with van der Waals surface area (Å²) in [5.41, 5.74) is 1.42. The van der Waals surface area contributed by atoms with Gasteiger partial charge in [0, 0.05) is 49.5 Å². The number of rotatable bonds is 9. The Morgan fingerprint density at radius 2 is 1.84 bits per heavy atom. The third kappa shape index (κ3) is 7.47. The number of likely N-dealkylation sites (tertiary alicyclic amines) is 1. The van der Waals surface area contributed by atoms with Gasteiger partial charge in [-0.3, -0.25) is 14.8 Å². The van der Waals surface area contributed by atoms with E-state index in [4.69, 9.17) is 9.47 Å². The van der Waals surface area contributed by atoms with E-state index in [-0.39, 0.29) is 18.6 Å². The SMILES string of the molecule is COc1ccc2ncc(CN3CCOCC3)c([C@H](F)CCC3(CO)CCN(CC#Cc4cc(F)cc(F)c4F)CC3)c2c1. The van der Waals surface area contributed by atoms with Gasteiger partial charge in [-0.2, -0.15) is 0 Å². The first-order valence-electron chi connectivity index (χ1n) is 14.7. The number of fused-ring (bicyclic) bond motifs is 1. The first-order valence-corrected chi connectivity index (χ1v) is 14.7. The molecule has 0 amide bonds. The number of aliphatic hydroxyl groups excluding tert-OH is 1. The first kappa shape index (κ1) is 31.2. The number of piperidine rings is 1. The van der Waals surface area contributed by atoms with Crippen molar-refractivity contribution in [2.45, 2.75) is 38.4 Å². The van der Waals surface area contributed by atoms with Crippen molar-refractivity contribution in [3.63, 3.8) is 0 Å². The number of aromatic nitrogens is 1. The molecule has 0 aliphatic carbocycles. The van der Waals surface area contributed by atoms with Crippen LogP contribution in [0.25, 0.3) is 10.9 Å². The summed E-state index contributed by atoms with van der Waals surface area (Å²) >= 11 is 0. The summed E-state index contributed by atoms with van der Waals surface area (Å²) in [5, 5.41) is 11.1. The molecule has 2 fully saturated rings. The molecule has 2 saturated heterocycles. The number of ether oxygens (including phenoxy) is 2. The number of methoxy groups -OCH3 is 1. The molecule has 0 bridgehead atoms.